The Bertz CT molecular complexity index is 1040. The number of nitrogens with one attached hydrogen (secondary N) is 1. The zero-order valence-corrected chi connectivity index (χ0v) is 18.4. The molecule has 1 unspecified atom stereocenters. The summed E-state index contributed by atoms with van der Waals surface area (Å²) in [6.07, 6.45) is 0.946. The number of thiophene rings is 1. The number of carbonyl (C=O) groups excluding carboxylic acids is 1. The van der Waals surface area contributed by atoms with Crippen molar-refractivity contribution in [3.05, 3.63) is 74.9 Å². The molecule has 7 heteroatoms. The minimum absolute atomic E-state index is 0.0635. The molecule has 1 atom stereocenters. The molecule has 1 aliphatic heterocycles. The molecule has 0 spiro atoms. The number of amides is 1. The highest BCUT2D eigenvalue weighted by atomic mass is 35.5. The van der Waals surface area contributed by atoms with Gasteiger partial charge in [0.05, 0.1) is 37.5 Å². The fourth-order valence-corrected chi connectivity index (χ4v) is 5.03. The number of benzene rings is 2. The Morgan fingerprint density at radius 1 is 1.17 bits per heavy atom. The second-order valence-electron chi connectivity index (χ2n) is 7.07. The summed E-state index contributed by atoms with van der Waals surface area (Å²) in [5.74, 6) is 0.862. The molecular weight excluding hydrogens is 420 g/mol. The molecule has 0 saturated heterocycles. The standard InChI is InChI=1S/C23H23ClN2O3S/c1-28-19-13-18(20(29-2)12-17(19)24)25-22(27)14-26-10-8-21-16(9-11-30-21)23(26)15-6-4-3-5-7-15/h3-7,9,11-13,23H,8,10,14H2,1-2H3,(H,25,27). The average Bonchev–Trinajstić information content (AvgIpc) is 3.23. The second kappa shape index (κ2) is 9.08. The third-order valence-electron chi connectivity index (χ3n) is 5.28. The van der Waals surface area contributed by atoms with Crippen molar-refractivity contribution in [2.45, 2.75) is 12.5 Å². The van der Waals surface area contributed by atoms with Gasteiger partial charge in [0.2, 0.25) is 5.91 Å². The SMILES string of the molecule is COc1cc(NC(=O)CN2CCc3sccc3C2c2ccccc2)c(OC)cc1Cl. The van der Waals surface area contributed by atoms with Gasteiger partial charge in [-0.05, 0) is 29.0 Å². The number of hydrogen-bond donors (Lipinski definition) is 1. The van der Waals surface area contributed by atoms with E-state index < -0.39 is 0 Å². The van der Waals surface area contributed by atoms with Crippen LogP contribution in [0.25, 0.3) is 0 Å². The molecule has 30 heavy (non-hydrogen) atoms. The van der Waals surface area contributed by atoms with Crippen LogP contribution < -0.4 is 14.8 Å². The van der Waals surface area contributed by atoms with Crippen LogP contribution in [0.3, 0.4) is 0 Å². The van der Waals surface area contributed by atoms with Crippen LogP contribution in [0.2, 0.25) is 5.02 Å². The van der Waals surface area contributed by atoms with Crippen LogP contribution in [-0.2, 0) is 11.2 Å². The molecule has 5 nitrogen and oxygen atoms in total. The quantitative estimate of drug-likeness (QED) is 0.583. The summed E-state index contributed by atoms with van der Waals surface area (Å²) in [5, 5.41) is 5.52. The second-order valence-corrected chi connectivity index (χ2v) is 8.48. The molecule has 1 aromatic heterocycles. The molecule has 156 valence electrons. The van der Waals surface area contributed by atoms with E-state index in [0.717, 1.165) is 13.0 Å². The summed E-state index contributed by atoms with van der Waals surface area (Å²) < 4.78 is 10.6. The molecule has 0 fully saturated rings. The van der Waals surface area contributed by atoms with Gasteiger partial charge in [0.1, 0.15) is 11.5 Å². The number of halogens is 1. The van der Waals surface area contributed by atoms with E-state index in [1.807, 2.05) is 18.2 Å². The molecule has 0 bridgehead atoms. The van der Waals surface area contributed by atoms with Gasteiger partial charge in [-0.15, -0.1) is 11.3 Å². The number of fused-ring (bicyclic) bond motifs is 1. The van der Waals surface area contributed by atoms with E-state index >= 15 is 0 Å². The number of carbonyl (C=O) groups is 1. The van der Waals surface area contributed by atoms with Crippen molar-refractivity contribution in [1.82, 2.24) is 4.90 Å². The lowest BCUT2D eigenvalue weighted by Gasteiger charge is -2.35. The summed E-state index contributed by atoms with van der Waals surface area (Å²) >= 11 is 7.96. The van der Waals surface area contributed by atoms with Gasteiger partial charge >= 0.3 is 0 Å². The summed E-state index contributed by atoms with van der Waals surface area (Å²) in [6, 6.07) is 15.9. The van der Waals surface area contributed by atoms with Gasteiger partial charge in [-0.25, -0.2) is 0 Å². The molecule has 0 radical (unpaired) electrons. The highest BCUT2D eigenvalue weighted by molar-refractivity contribution is 7.10. The van der Waals surface area contributed by atoms with E-state index in [1.165, 1.54) is 23.1 Å². The Hall–Kier alpha value is -2.54. The summed E-state index contributed by atoms with van der Waals surface area (Å²) in [7, 11) is 3.08. The molecule has 0 aliphatic carbocycles. The van der Waals surface area contributed by atoms with Crippen LogP contribution in [0.15, 0.2) is 53.9 Å². The maximum Gasteiger partial charge on any atom is 0.238 e. The third-order valence-corrected chi connectivity index (χ3v) is 6.57. The number of hydrogen-bond acceptors (Lipinski definition) is 5. The highest BCUT2D eigenvalue weighted by Gasteiger charge is 2.30. The zero-order chi connectivity index (χ0) is 21.1. The maximum absolute atomic E-state index is 13.0. The minimum atomic E-state index is -0.114. The summed E-state index contributed by atoms with van der Waals surface area (Å²) in [6.45, 7) is 1.09. The lowest BCUT2D eigenvalue weighted by atomic mass is 9.93. The molecule has 1 amide bonds. The largest absolute Gasteiger partial charge is 0.495 e. The van der Waals surface area contributed by atoms with Gasteiger partial charge in [-0.2, -0.15) is 0 Å². The lowest BCUT2D eigenvalue weighted by Crippen LogP contribution is -2.40. The number of methoxy groups -OCH3 is 2. The van der Waals surface area contributed by atoms with E-state index in [4.69, 9.17) is 21.1 Å². The first-order chi connectivity index (χ1) is 14.6. The average molecular weight is 443 g/mol. The summed E-state index contributed by atoms with van der Waals surface area (Å²) in [5.41, 5.74) is 3.01. The predicted octanol–water partition coefficient (Wildman–Crippen LogP) is 5.00. The van der Waals surface area contributed by atoms with E-state index in [0.29, 0.717) is 22.2 Å². The van der Waals surface area contributed by atoms with E-state index in [1.54, 1.807) is 30.6 Å². The van der Waals surface area contributed by atoms with Gasteiger partial charge in [0.15, 0.2) is 0 Å². The topological polar surface area (TPSA) is 50.8 Å². The first-order valence-electron chi connectivity index (χ1n) is 9.67. The van der Waals surface area contributed by atoms with Crippen molar-refractivity contribution >= 4 is 34.5 Å². The molecular formula is C23H23ClN2O3S. The lowest BCUT2D eigenvalue weighted by molar-refractivity contribution is -0.117. The maximum atomic E-state index is 13.0. The van der Waals surface area contributed by atoms with Crippen LogP contribution in [0, 0.1) is 0 Å². The Kier molecular flexibility index (Phi) is 6.27. The van der Waals surface area contributed by atoms with Crippen LogP contribution in [0.1, 0.15) is 22.0 Å². The normalized spacial score (nSPS) is 16.0. The van der Waals surface area contributed by atoms with Crippen LogP contribution in [0.5, 0.6) is 11.5 Å². The van der Waals surface area contributed by atoms with Crippen molar-refractivity contribution in [3.63, 3.8) is 0 Å². The Morgan fingerprint density at radius 2 is 1.93 bits per heavy atom. The van der Waals surface area contributed by atoms with Gasteiger partial charge < -0.3 is 14.8 Å². The van der Waals surface area contributed by atoms with Crippen molar-refractivity contribution in [3.8, 4) is 11.5 Å². The van der Waals surface area contributed by atoms with Crippen molar-refractivity contribution in [1.29, 1.82) is 0 Å². The van der Waals surface area contributed by atoms with Crippen LogP contribution in [-0.4, -0.2) is 38.1 Å². The number of rotatable bonds is 6. The monoisotopic (exact) mass is 442 g/mol. The molecule has 2 aromatic carbocycles. The van der Waals surface area contributed by atoms with E-state index in [9.17, 15) is 4.79 Å². The van der Waals surface area contributed by atoms with E-state index in [-0.39, 0.29) is 18.5 Å². The fourth-order valence-electron chi connectivity index (χ4n) is 3.90. The Morgan fingerprint density at radius 3 is 2.67 bits per heavy atom. The third kappa shape index (κ3) is 4.17. The molecule has 3 aromatic rings. The van der Waals surface area contributed by atoms with Crippen molar-refractivity contribution < 1.29 is 14.3 Å². The Balaban J connectivity index is 1.57. The van der Waals surface area contributed by atoms with Gasteiger partial charge in [0.25, 0.3) is 0 Å². The van der Waals surface area contributed by atoms with Gasteiger partial charge in [-0.3, -0.25) is 9.69 Å². The molecule has 2 heterocycles. The molecule has 1 aliphatic rings. The molecule has 1 N–H and O–H groups in total. The van der Waals surface area contributed by atoms with Crippen LogP contribution in [0.4, 0.5) is 5.69 Å². The Labute approximate surface area is 185 Å². The van der Waals surface area contributed by atoms with Crippen LogP contribution >= 0.6 is 22.9 Å². The number of ether oxygens (including phenoxy) is 2. The highest BCUT2D eigenvalue weighted by Crippen LogP contribution is 2.38. The first kappa shape index (κ1) is 20.7. The van der Waals surface area contributed by atoms with Crippen molar-refractivity contribution in [2.75, 3.05) is 32.6 Å². The minimum Gasteiger partial charge on any atom is -0.495 e. The van der Waals surface area contributed by atoms with Gasteiger partial charge in [-0.1, -0.05) is 41.9 Å². The first-order valence-corrected chi connectivity index (χ1v) is 10.9. The number of nitrogens with zero attached hydrogens (tertiary/aromatic N) is 1. The number of anilines is 1. The predicted molar refractivity (Wildman–Crippen MR) is 121 cm³/mol. The van der Waals surface area contributed by atoms with E-state index in [2.05, 4.69) is 33.8 Å². The zero-order valence-electron chi connectivity index (χ0n) is 16.9. The summed E-state index contributed by atoms with van der Waals surface area (Å²) in [4.78, 5) is 16.6. The smallest absolute Gasteiger partial charge is 0.238 e. The van der Waals surface area contributed by atoms with Crippen molar-refractivity contribution in [2.24, 2.45) is 0 Å². The fraction of sp³-hybridized carbons (Fsp3) is 0.261. The van der Waals surface area contributed by atoms with Gasteiger partial charge in [0, 0.05) is 23.6 Å². The molecule has 4 rings (SSSR count). The molecule has 0 saturated carbocycles.